The van der Waals surface area contributed by atoms with Gasteiger partial charge in [-0.15, -0.1) is 0 Å². The van der Waals surface area contributed by atoms with E-state index in [-0.39, 0.29) is 0 Å². The van der Waals surface area contributed by atoms with E-state index in [4.69, 9.17) is 5.11 Å². The van der Waals surface area contributed by atoms with Crippen molar-refractivity contribution in [2.75, 3.05) is 13.7 Å². The van der Waals surface area contributed by atoms with Gasteiger partial charge in [0.1, 0.15) is 0 Å². The molecule has 0 aromatic rings. The van der Waals surface area contributed by atoms with Crippen LogP contribution in [0.2, 0.25) is 0 Å². The molecular weight excluding hydrogens is 126 g/mol. The van der Waals surface area contributed by atoms with Crippen LogP contribution < -0.4 is 5.32 Å². The summed E-state index contributed by atoms with van der Waals surface area (Å²) in [7, 11) is 2.00. The molecule has 2 unspecified atom stereocenters. The highest BCUT2D eigenvalue weighted by molar-refractivity contribution is 4.75. The number of hydrogen-bond acceptors (Lipinski definition) is 2. The second-order valence-electron chi connectivity index (χ2n) is 3.20. The average Bonchev–Trinajstić information content (AvgIpc) is 2.05. The Bertz CT molecular complexity index is 85.3. The molecule has 0 aliphatic heterocycles. The van der Waals surface area contributed by atoms with Crippen LogP contribution in [-0.2, 0) is 0 Å². The third-order valence-electron chi connectivity index (χ3n) is 2.45. The first-order chi connectivity index (χ1) is 4.86. The summed E-state index contributed by atoms with van der Waals surface area (Å²) in [5.41, 5.74) is 0. The largest absolute Gasteiger partial charge is 0.396 e. The van der Waals surface area contributed by atoms with Gasteiger partial charge in [0.2, 0.25) is 0 Å². The lowest BCUT2D eigenvalue weighted by atomic mass is 9.86. The first-order valence-electron chi connectivity index (χ1n) is 4.15. The summed E-state index contributed by atoms with van der Waals surface area (Å²) in [4.78, 5) is 0. The molecule has 60 valence electrons. The van der Waals surface area contributed by atoms with Crippen molar-refractivity contribution in [3.63, 3.8) is 0 Å². The summed E-state index contributed by atoms with van der Waals surface area (Å²) in [6.07, 6.45) is 4.94. The van der Waals surface area contributed by atoms with Gasteiger partial charge in [-0.2, -0.15) is 0 Å². The van der Waals surface area contributed by atoms with Gasteiger partial charge >= 0.3 is 0 Å². The first-order valence-corrected chi connectivity index (χ1v) is 4.15. The van der Waals surface area contributed by atoms with Gasteiger partial charge in [0.25, 0.3) is 0 Å². The molecule has 2 atom stereocenters. The third kappa shape index (κ3) is 1.96. The molecule has 2 heteroatoms. The van der Waals surface area contributed by atoms with E-state index in [1.54, 1.807) is 0 Å². The maximum Gasteiger partial charge on any atom is 0.0459 e. The normalized spacial score (nSPS) is 34.2. The SMILES string of the molecule is CNC1CCCC(CO)C1. The van der Waals surface area contributed by atoms with Crippen molar-refractivity contribution in [3.8, 4) is 0 Å². The zero-order valence-electron chi connectivity index (χ0n) is 6.64. The van der Waals surface area contributed by atoms with Crippen LogP contribution in [0.1, 0.15) is 25.7 Å². The van der Waals surface area contributed by atoms with E-state index < -0.39 is 0 Å². The fraction of sp³-hybridized carbons (Fsp3) is 1.00. The molecule has 0 aromatic heterocycles. The van der Waals surface area contributed by atoms with Gasteiger partial charge in [-0.05, 0) is 32.2 Å². The number of hydrogen-bond donors (Lipinski definition) is 2. The zero-order valence-corrected chi connectivity index (χ0v) is 6.64. The van der Waals surface area contributed by atoms with Crippen LogP contribution in [0.15, 0.2) is 0 Å². The van der Waals surface area contributed by atoms with Crippen LogP contribution in [0.25, 0.3) is 0 Å². The van der Waals surface area contributed by atoms with Gasteiger partial charge in [-0.1, -0.05) is 6.42 Å². The lowest BCUT2D eigenvalue weighted by Crippen LogP contribution is -2.32. The molecule has 1 saturated carbocycles. The molecule has 1 aliphatic rings. The van der Waals surface area contributed by atoms with Crippen molar-refractivity contribution < 1.29 is 5.11 Å². The van der Waals surface area contributed by atoms with Gasteiger partial charge in [-0.3, -0.25) is 0 Å². The van der Waals surface area contributed by atoms with Crippen molar-refractivity contribution in [2.24, 2.45) is 5.92 Å². The Morgan fingerprint density at radius 3 is 2.90 bits per heavy atom. The van der Waals surface area contributed by atoms with Crippen molar-refractivity contribution in [1.82, 2.24) is 5.32 Å². The van der Waals surface area contributed by atoms with E-state index in [0.29, 0.717) is 18.6 Å². The molecule has 0 saturated heterocycles. The van der Waals surface area contributed by atoms with E-state index in [0.717, 1.165) is 6.42 Å². The summed E-state index contributed by atoms with van der Waals surface area (Å²) >= 11 is 0. The lowest BCUT2D eigenvalue weighted by molar-refractivity contribution is 0.173. The van der Waals surface area contributed by atoms with Crippen LogP contribution >= 0.6 is 0 Å². The predicted molar refractivity (Wildman–Crippen MR) is 41.9 cm³/mol. The minimum atomic E-state index is 0.373. The molecule has 2 nitrogen and oxygen atoms in total. The Kier molecular flexibility index (Phi) is 3.16. The van der Waals surface area contributed by atoms with E-state index in [1.807, 2.05) is 7.05 Å². The maximum absolute atomic E-state index is 8.88. The summed E-state index contributed by atoms with van der Waals surface area (Å²) in [6.45, 7) is 0.373. The standard InChI is InChI=1S/C8H17NO/c1-9-8-4-2-3-7(5-8)6-10/h7-10H,2-6H2,1H3. The monoisotopic (exact) mass is 143 g/mol. The number of rotatable bonds is 2. The van der Waals surface area contributed by atoms with E-state index in [1.165, 1.54) is 19.3 Å². The molecule has 0 amide bonds. The van der Waals surface area contributed by atoms with Crippen molar-refractivity contribution in [2.45, 2.75) is 31.7 Å². The molecule has 0 spiro atoms. The first kappa shape index (κ1) is 8.02. The second kappa shape index (κ2) is 3.94. The lowest BCUT2D eigenvalue weighted by Gasteiger charge is -2.27. The molecule has 1 rings (SSSR count). The summed E-state index contributed by atoms with van der Waals surface area (Å²) in [6, 6.07) is 0.658. The number of nitrogens with one attached hydrogen (secondary N) is 1. The Hall–Kier alpha value is -0.0800. The van der Waals surface area contributed by atoms with E-state index in [9.17, 15) is 0 Å². The fourth-order valence-corrected chi connectivity index (χ4v) is 1.72. The fourth-order valence-electron chi connectivity index (χ4n) is 1.72. The van der Waals surface area contributed by atoms with Gasteiger partial charge in [0.05, 0.1) is 0 Å². The van der Waals surface area contributed by atoms with Crippen LogP contribution in [-0.4, -0.2) is 24.8 Å². The molecule has 1 fully saturated rings. The van der Waals surface area contributed by atoms with Crippen molar-refractivity contribution in [3.05, 3.63) is 0 Å². The third-order valence-corrected chi connectivity index (χ3v) is 2.45. The Balaban J connectivity index is 2.25. The molecule has 1 aliphatic carbocycles. The maximum atomic E-state index is 8.88. The molecule has 0 aromatic carbocycles. The van der Waals surface area contributed by atoms with Crippen molar-refractivity contribution >= 4 is 0 Å². The van der Waals surface area contributed by atoms with Gasteiger partial charge in [-0.25, -0.2) is 0 Å². The Morgan fingerprint density at radius 1 is 1.50 bits per heavy atom. The number of aliphatic hydroxyl groups is 1. The van der Waals surface area contributed by atoms with Gasteiger partial charge < -0.3 is 10.4 Å². The highest BCUT2D eigenvalue weighted by Crippen LogP contribution is 2.23. The molecule has 0 heterocycles. The molecule has 0 radical (unpaired) electrons. The molecule has 10 heavy (non-hydrogen) atoms. The quantitative estimate of drug-likeness (QED) is 0.598. The average molecular weight is 143 g/mol. The summed E-state index contributed by atoms with van der Waals surface area (Å²) in [5.74, 6) is 0.561. The minimum absolute atomic E-state index is 0.373. The smallest absolute Gasteiger partial charge is 0.0459 e. The van der Waals surface area contributed by atoms with E-state index in [2.05, 4.69) is 5.32 Å². The highest BCUT2D eigenvalue weighted by Gasteiger charge is 2.19. The van der Waals surface area contributed by atoms with Gasteiger partial charge in [0.15, 0.2) is 0 Å². The van der Waals surface area contributed by atoms with Crippen LogP contribution in [0.4, 0.5) is 0 Å². The van der Waals surface area contributed by atoms with Gasteiger partial charge in [0, 0.05) is 12.6 Å². The van der Waals surface area contributed by atoms with Crippen molar-refractivity contribution in [1.29, 1.82) is 0 Å². The highest BCUT2D eigenvalue weighted by atomic mass is 16.3. The Morgan fingerprint density at radius 2 is 2.30 bits per heavy atom. The topological polar surface area (TPSA) is 32.3 Å². The molecular formula is C8H17NO. The zero-order chi connectivity index (χ0) is 7.40. The summed E-state index contributed by atoms with van der Waals surface area (Å²) < 4.78 is 0. The predicted octanol–water partition coefficient (Wildman–Crippen LogP) is 0.757. The van der Waals surface area contributed by atoms with Crippen LogP contribution in [0.3, 0.4) is 0 Å². The minimum Gasteiger partial charge on any atom is -0.396 e. The van der Waals surface area contributed by atoms with E-state index >= 15 is 0 Å². The number of aliphatic hydroxyl groups excluding tert-OH is 1. The molecule has 2 N–H and O–H groups in total. The Labute approximate surface area is 62.6 Å². The summed E-state index contributed by atoms with van der Waals surface area (Å²) in [5, 5.41) is 12.1. The molecule has 0 bridgehead atoms. The second-order valence-corrected chi connectivity index (χ2v) is 3.20. The van der Waals surface area contributed by atoms with Crippen LogP contribution in [0, 0.1) is 5.92 Å². The van der Waals surface area contributed by atoms with Crippen LogP contribution in [0.5, 0.6) is 0 Å².